The molecule has 0 spiro atoms. The second-order valence-corrected chi connectivity index (χ2v) is 5.14. The topological polar surface area (TPSA) is 40.6 Å². The first-order valence-electron chi connectivity index (χ1n) is 6.60. The van der Waals surface area contributed by atoms with Gasteiger partial charge in [0.05, 0.1) is 0 Å². The van der Waals surface area contributed by atoms with Crippen LogP contribution in [-0.2, 0) is 9.59 Å². The number of hydrogen-bond donors (Lipinski definition) is 0. The maximum Gasteiger partial charge on any atom is 0.250 e. The molecule has 2 aliphatic heterocycles. The standard InChI is InChI=1S/C14H14F2N2O2/c1-8-13(19)17-7-3-6-11(17)14(20)18(8)12-9(15)4-2-5-10(12)16/h2,4-5,8,11H,3,6-7H2,1H3. The summed E-state index contributed by atoms with van der Waals surface area (Å²) in [5.74, 6) is -2.32. The zero-order valence-electron chi connectivity index (χ0n) is 11.0. The van der Waals surface area contributed by atoms with Crippen molar-refractivity contribution in [1.29, 1.82) is 0 Å². The van der Waals surface area contributed by atoms with E-state index in [-0.39, 0.29) is 5.91 Å². The molecule has 2 unspecified atom stereocenters. The van der Waals surface area contributed by atoms with Gasteiger partial charge in [-0.1, -0.05) is 6.07 Å². The van der Waals surface area contributed by atoms with Crippen molar-refractivity contribution in [3.8, 4) is 0 Å². The van der Waals surface area contributed by atoms with Crippen LogP contribution in [-0.4, -0.2) is 35.3 Å². The number of anilines is 1. The van der Waals surface area contributed by atoms with E-state index in [1.807, 2.05) is 0 Å². The summed E-state index contributed by atoms with van der Waals surface area (Å²) in [5, 5.41) is 0. The summed E-state index contributed by atoms with van der Waals surface area (Å²) in [6.45, 7) is 2.04. The zero-order valence-corrected chi connectivity index (χ0v) is 11.0. The van der Waals surface area contributed by atoms with Crippen molar-refractivity contribution in [1.82, 2.24) is 4.90 Å². The number of piperazine rings is 1. The third-order valence-electron chi connectivity index (χ3n) is 3.98. The number of hydrogen-bond acceptors (Lipinski definition) is 2. The van der Waals surface area contributed by atoms with Gasteiger partial charge in [0.25, 0.3) is 5.91 Å². The molecule has 20 heavy (non-hydrogen) atoms. The van der Waals surface area contributed by atoms with Crippen molar-refractivity contribution >= 4 is 17.5 Å². The highest BCUT2D eigenvalue weighted by Crippen LogP contribution is 2.33. The van der Waals surface area contributed by atoms with Crippen LogP contribution in [0.4, 0.5) is 14.5 Å². The number of rotatable bonds is 1. The lowest BCUT2D eigenvalue weighted by atomic mass is 10.0. The minimum absolute atomic E-state index is 0.255. The van der Waals surface area contributed by atoms with E-state index in [0.717, 1.165) is 23.5 Å². The first kappa shape index (κ1) is 13.0. The lowest BCUT2D eigenvalue weighted by molar-refractivity contribution is -0.143. The van der Waals surface area contributed by atoms with Crippen LogP contribution >= 0.6 is 0 Å². The van der Waals surface area contributed by atoms with E-state index in [2.05, 4.69) is 0 Å². The summed E-state index contributed by atoms with van der Waals surface area (Å²) in [6, 6.07) is 1.94. The van der Waals surface area contributed by atoms with Crippen LogP contribution in [0.15, 0.2) is 18.2 Å². The minimum atomic E-state index is -0.886. The Morgan fingerprint density at radius 2 is 1.80 bits per heavy atom. The van der Waals surface area contributed by atoms with Crippen LogP contribution in [0.25, 0.3) is 0 Å². The van der Waals surface area contributed by atoms with Gasteiger partial charge >= 0.3 is 0 Å². The molecule has 0 radical (unpaired) electrons. The van der Waals surface area contributed by atoms with Crippen molar-refractivity contribution in [3.63, 3.8) is 0 Å². The van der Waals surface area contributed by atoms with Gasteiger partial charge in [-0.2, -0.15) is 0 Å². The lowest BCUT2D eigenvalue weighted by Gasteiger charge is -2.40. The summed E-state index contributed by atoms with van der Waals surface area (Å²) in [5.41, 5.74) is -0.426. The normalized spacial score (nSPS) is 26.1. The Bertz CT molecular complexity index is 570. The van der Waals surface area contributed by atoms with Gasteiger partial charge < -0.3 is 4.90 Å². The first-order chi connectivity index (χ1) is 9.52. The fourth-order valence-corrected chi connectivity index (χ4v) is 3.01. The maximum absolute atomic E-state index is 13.9. The zero-order chi connectivity index (χ0) is 14.4. The number of carbonyl (C=O) groups excluding carboxylic acids is 2. The molecule has 2 amide bonds. The minimum Gasteiger partial charge on any atom is -0.329 e. The number of benzene rings is 1. The van der Waals surface area contributed by atoms with Gasteiger partial charge in [-0.25, -0.2) is 8.78 Å². The molecule has 2 aliphatic rings. The number of halogens is 2. The van der Waals surface area contributed by atoms with Crippen LogP contribution < -0.4 is 4.90 Å². The van der Waals surface area contributed by atoms with Crippen LogP contribution in [0.5, 0.6) is 0 Å². The highest BCUT2D eigenvalue weighted by Gasteiger charge is 2.47. The van der Waals surface area contributed by atoms with E-state index in [0.29, 0.717) is 13.0 Å². The van der Waals surface area contributed by atoms with Gasteiger partial charge in [0.2, 0.25) is 5.91 Å². The number of fused-ring (bicyclic) bond motifs is 1. The van der Waals surface area contributed by atoms with Gasteiger partial charge in [-0.05, 0) is 31.9 Å². The molecule has 0 saturated carbocycles. The SMILES string of the molecule is CC1C(=O)N2CCCC2C(=O)N1c1c(F)cccc1F. The summed E-state index contributed by atoms with van der Waals surface area (Å²) in [6.07, 6.45) is 1.28. The Morgan fingerprint density at radius 3 is 2.45 bits per heavy atom. The Morgan fingerprint density at radius 1 is 1.15 bits per heavy atom. The fraction of sp³-hybridized carbons (Fsp3) is 0.429. The maximum atomic E-state index is 13.9. The number of carbonyl (C=O) groups is 2. The van der Waals surface area contributed by atoms with Gasteiger partial charge in [-0.15, -0.1) is 0 Å². The molecular weight excluding hydrogens is 266 g/mol. The average Bonchev–Trinajstić information content (AvgIpc) is 2.89. The van der Waals surface area contributed by atoms with Crippen LogP contribution in [0.1, 0.15) is 19.8 Å². The molecule has 4 nitrogen and oxygen atoms in total. The Hall–Kier alpha value is -1.98. The number of amides is 2. The van der Waals surface area contributed by atoms with E-state index in [4.69, 9.17) is 0 Å². The first-order valence-corrected chi connectivity index (χ1v) is 6.60. The van der Waals surface area contributed by atoms with Gasteiger partial charge in [0, 0.05) is 6.54 Å². The molecule has 2 atom stereocenters. The predicted molar refractivity (Wildman–Crippen MR) is 68.0 cm³/mol. The summed E-state index contributed by atoms with van der Waals surface area (Å²) < 4.78 is 27.8. The van der Waals surface area contributed by atoms with E-state index in [9.17, 15) is 18.4 Å². The second-order valence-electron chi connectivity index (χ2n) is 5.14. The molecule has 0 N–H and O–H groups in total. The van der Waals surface area contributed by atoms with Crippen molar-refractivity contribution in [2.75, 3.05) is 11.4 Å². The Labute approximate surface area is 115 Å². The van der Waals surface area contributed by atoms with Crippen molar-refractivity contribution < 1.29 is 18.4 Å². The molecule has 2 saturated heterocycles. The fourth-order valence-electron chi connectivity index (χ4n) is 3.01. The molecule has 6 heteroatoms. The molecule has 1 aromatic carbocycles. The molecule has 106 valence electrons. The van der Waals surface area contributed by atoms with Crippen LogP contribution in [0.3, 0.4) is 0 Å². The molecule has 0 aromatic heterocycles. The van der Waals surface area contributed by atoms with Crippen molar-refractivity contribution in [2.45, 2.75) is 31.8 Å². The largest absolute Gasteiger partial charge is 0.329 e. The summed E-state index contributed by atoms with van der Waals surface area (Å²) in [4.78, 5) is 27.2. The van der Waals surface area contributed by atoms with Crippen molar-refractivity contribution in [2.24, 2.45) is 0 Å². The Kier molecular flexibility index (Phi) is 2.96. The molecule has 2 heterocycles. The lowest BCUT2D eigenvalue weighted by Crippen LogP contribution is -2.62. The van der Waals surface area contributed by atoms with Gasteiger partial charge in [0.1, 0.15) is 29.4 Å². The Balaban J connectivity index is 2.08. The van der Waals surface area contributed by atoms with E-state index in [1.165, 1.54) is 17.9 Å². The van der Waals surface area contributed by atoms with Crippen LogP contribution in [0.2, 0.25) is 0 Å². The van der Waals surface area contributed by atoms with E-state index >= 15 is 0 Å². The summed E-state index contributed by atoms with van der Waals surface area (Å²) in [7, 11) is 0. The highest BCUT2D eigenvalue weighted by molar-refractivity contribution is 6.08. The predicted octanol–water partition coefficient (Wildman–Crippen LogP) is 1.69. The molecule has 3 rings (SSSR count). The molecule has 1 aromatic rings. The number of para-hydroxylation sites is 1. The quantitative estimate of drug-likeness (QED) is 0.785. The van der Waals surface area contributed by atoms with E-state index in [1.54, 1.807) is 0 Å². The summed E-state index contributed by atoms with van der Waals surface area (Å²) >= 11 is 0. The highest BCUT2D eigenvalue weighted by atomic mass is 19.1. The number of nitrogens with zero attached hydrogens (tertiary/aromatic N) is 2. The molecule has 2 fully saturated rings. The smallest absolute Gasteiger partial charge is 0.250 e. The molecule has 0 aliphatic carbocycles. The van der Waals surface area contributed by atoms with Gasteiger partial charge in [-0.3, -0.25) is 14.5 Å². The third kappa shape index (κ3) is 1.71. The van der Waals surface area contributed by atoms with Crippen molar-refractivity contribution in [3.05, 3.63) is 29.8 Å². The van der Waals surface area contributed by atoms with Gasteiger partial charge in [0.15, 0.2) is 0 Å². The van der Waals surface area contributed by atoms with Crippen LogP contribution in [0, 0.1) is 11.6 Å². The third-order valence-corrected chi connectivity index (χ3v) is 3.98. The second kappa shape index (κ2) is 4.54. The monoisotopic (exact) mass is 280 g/mol. The molecular formula is C14H14F2N2O2. The van der Waals surface area contributed by atoms with E-state index < -0.39 is 35.3 Å². The average molecular weight is 280 g/mol. The molecule has 0 bridgehead atoms.